The van der Waals surface area contributed by atoms with E-state index in [1.54, 1.807) is 0 Å². The summed E-state index contributed by atoms with van der Waals surface area (Å²) in [6.45, 7) is 0.0991. The molecule has 0 aliphatic carbocycles. The van der Waals surface area contributed by atoms with Gasteiger partial charge in [0.05, 0.1) is 6.10 Å². The van der Waals surface area contributed by atoms with E-state index >= 15 is 0 Å². The van der Waals surface area contributed by atoms with Crippen LogP contribution in [-0.2, 0) is 4.74 Å². The molecule has 1 fully saturated rings. The highest BCUT2D eigenvalue weighted by molar-refractivity contribution is 7.99. The minimum absolute atomic E-state index is 0.0991. The van der Waals surface area contributed by atoms with Crippen molar-refractivity contribution in [1.29, 1.82) is 0 Å². The number of rotatable bonds is 5. The lowest BCUT2D eigenvalue weighted by Crippen LogP contribution is -2.58. The summed E-state index contributed by atoms with van der Waals surface area (Å²) in [6.07, 6.45) is -0.222. The van der Waals surface area contributed by atoms with E-state index in [0.29, 0.717) is 5.75 Å². The molecule has 0 spiro atoms. The van der Waals surface area contributed by atoms with Crippen molar-refractivity contribution in [3.05, 3.63) is 42.0 Å². The smallest absolute Gasteiger partial charge is 0.132 e. The lowest BCUT2D eigenvalue weighted by molar-refractivity contribution is -0.194. The van der Waals surface area contributed by atoms with Crippen LogP contribution in [0.25, 0.3) is 6.08 Å². The second-order valence-electron chi connectivity index (χ2n) is 4.90. The van der Waals surface area contributed by atoms with Crippen LogP contribution in [0, 0.1) is 0 Å². The highest BCUT2D eigenvalue weighted by Gasteiger charge is 2.42. The van der Waals surface area contributed by atoms with E-state index < -0.39 is 29.9 Å². The van der Waals surface area contributed by atoms with Crippen molar-refractivity contribution in [3.8, 4) is 0 Å². The third kappa shape index (κ3) is 4.29. The predicted molar refractivity (Wildman–Crippen MR) is 83.7 cm³/mol. The van der Waals surface area contributed by atoms with Crippen LogP contribution in [0.4, 0.5) is 0 Å². The molecule has 1 aliphatic heterocycles. The van der Waals surface area contributed by atoms with Gasteiger partial charge in [-0.25, -0.2) is 0 Å². The van der Waals surface area contributed by atoms with Crippen LogP contribution in [-0.4, -0.2) is 57.5 Å². The van der Waals surface area contributed by atoms with E-state index in [2.05, 4.69) is 0 Å². The van der Waals surface area contributed by atoms with Crippen LogP contribution in [0.3, 0.4) is 0 Å². The standard InChI is InChI=1S/C15H21NO4S/c16-9-11-12(17)13(18)14(19)15(20-11)21-8-4-7-10-5-2-1-3-6-10/h1-7,11-15,17-19H,8-9,16H2/t11-,12-,13+,14+,15-/m1/s1. The summed E-state index contributed by atoms with van der Waals surface area (Å²) < 4.78 is 5.53. The molecule has 0 unspecified atom stereocenters. The second kappa shape index (κ2) is 7.93. The average molecular weight is 311 g/mol. The normalized spacial score (nSPS) is 33.4. The first kappa shape index (κ1) is 16.5. The lowest BCUT2D eigenvalue weighted by atomic mass is 10.0. The number of benzene rings is 1. The highest BCUT2D eigenvalue weighted by Crippen LogP contribution is 2.28. The van der Waals surface area contributed by atoms with Crippen LogP contribution < -0.4 is 5.73 Å². The molecule has 1 aromatic carbocycles. The number of hydrogen-bond acceptors (Lipinski definition) is 6. The second-order valence-corrected chi connectivity index (χ2v) is 6.03. The Labute approximate surface area is 128 Å². The van der Waals surface area contributed by atoms with E-state index in [-0.39, 0.29) is 6.54 Å². The van der Waals surface area contributed by atoms with Gasteiger partial charge in [0.2, 0.25) is 0 Å². The number of thioether (sulfide) groups is 1. The van der Waals surface area contributed by atoms with E-state index in [1.165, 1.54) is 11.8 Å². The molecular weight excluding hydrogens is 290 g/mol. The van der Waals surface area contributed by atoms with Crippen molar-refractivity contribution in [3.63, 3.8) is 0 Å². The SMILES string of the molecule is NC[C@H]1O[C@H](SCC=Cc2ccccc2)[C@@H](O)[C@@H](O)[C@@H]1O. The molecule has 0 saturated carbocycles. The molecule has 0 bridgehead atoms. The number of ether oxygens (including phenoxy) is 1. The summed E-state index contributed by atoms with van der Waals surface area (Å²) in [5, 5.41) is 29.4. The first-order valence-corrected chi connectivity index (χ1v) is 7.91. The molecule has 0 amide bonds. The first-order chi connectivity index (χ1) is 10.1. The Hall–Kier alpha value is -0.890. The molecule has 6 heteroatoms. The third-order valence-corrected chi connectivity index (χ3v) is 4.47. The minimum atomic E-state index is -1.23. The Bertz CT molecular complexity index is 454. The minimum Gasteiger partial charge on any atom is -0.388 e. The number of aliphatic hydroxyl groups excluding tert-OH is 3. The number of hydrogen-bond donors (Lipinski definition) is 4. The summed E-state index contributed by atoms with van der Waals surface area (Å²) in [4.78, 5) is 0. The van der Waals surface area contributed by atoms with Gasteiger partial charge in [-0.2, -0.15) is 0 Å². The number of aliphatic hydroxyl groups is 3. The van der Waals surface area contributed by atoms with Crippen molar-refractivity contribution in [1.82, 2.24) is 0 Å². The molecule has 2 rings (SSSR count). The summed E-state index contributed by atoms with van der Waals surface area (Å²) in [5.41, 5.74) is 5.99. The molecule has 116 valence electrons. The number of nitrogens with two attached hydrogens (primary N) is 1. The summed E-state index contributed by atoms with van der Waals surface area (Å²) in [6, 6.07) is 9.88. The molecule has 0 radical (unpaired) electrons. The fourth-order valence-electron chi connectivity index (χ4n) is 2.15. The summed E-state index contributed by atoms with van der Waals surface area (Å²) in [7, 11) is 0. The average Bonchev–Trinajstić information content (AvgIpc) is 2.52. The Kier molecular flexibility index (Phi) is 6.22. The molecule has 5 atom stereocenters. The molecule has 5 N–H and O–H groups in total. The monoisotopic (exact) mass is 311 g/mol. The Morgan fingerprint density at radius 1 is 1.10 bits per heavy atom. The predicted octanol–water partition coefficient (Wildman–Crippen LogP) is 0.199. The van der Waals surface area contributed by atoms with Gasteiger partial charge in [-0.05, 0) is 5.56 Å². The zero-order chi connectivity index (χ0) is 15.2. The topological polar surface area (TPSA) is 95.9 Å². The van der Waals surface area contributed by atoms with Crippen LogP contribution >= 0.6 is 11.8 Å². The van der Waals surface area contributed by atoms with Crippen molar-refractivity contribution < 1.29 is 20.1 Å². The summed E-state index contributed by atoms with van der Waals surface area (Å²) in [5.74, 6) is 0.622. The van der Waals surface area contributed by atoms with Crippen molar-refractivity contribution in [2.24, 2.45) is 5.73 Å². The van der Waals surface area contributed by atoms with Crippen molar-refractivity contribution in [2.75, 3.05) is 12.3 Å². The van der Waals surface area contributed by atoms with Gasteiger partial charge in [0.15, 0.2) is 0 Å². The maximum absolute atomic E-state index is 9.92. The maximum atomic E-state index is 9.92. The third-order valence-electron chi connectivity index (χ3n) is 3.37. The Morgan fingerprint density at radius 2 is 1.81 bits per heavy atom. The highest BCUT2D eigenvalue weighted by atomic mass is 32.2. The quantitative estimate of drug-likeness (QED) is 0.620. The lowest BCUT2D eigenvalue weighted by Gasteiger charge is -2.39. The van der Waals surface area contributed by atoms with Gasteiger partial charge in [0.1, 0.15) is 23.7 Å². The molecule has 1 aliphatic rings. The fraction of sp³-hybridized carbons (Fsp3) is 0.467. The van der Waals surface area contributed by atoms with E-state index in [0.717, 1.165) is 5.56 Å². The van der Waals surface area contributed by atoms with E-state index in [4.69, 9.17) is 10.5 Å². The Morgan fingerprint density at radius 3 is 2.48 bits per heavy atom. The zero-order valence-corrected chi connectivity index (χ0v) is 12.4. The van der Waals surface area contributed by atoms with Gasteiger partial charge < -0.3 is 25.8 Å². The zero-order valence-electron chi connectivity index (χ0n) is 11.6. The molecule has 1 aromatic rings. The molecular formula is C15H21NO4S. The largest absolute Gasteiger partial charge is 0.388 e. The molecule has 21 heavy (non-hydrogen) atoms. The van der Waals surface area contributed by atoms with Gasteiger partial charge in [-0.3, -0.25) is 0 Å². The van der Waals surface area contributed by atoms with E-state index in [9.17, 15) is 15.3 Å². The molecule has 0 aromatic heterocycles. The van der Waals surface area contributed by atoms with Crippen LogP contribution in [0.5, 0.6) is 0 Å². The van der Waals surface area contributed by atoms with E-state index in [1.807, 2.05) is 42.5 Å². The molecule has 5 nitrogen and oxygen atoms in total. The Balaban J connectivity index is 1.86. The van der Waals surface area contributed by atoms with Gasteiger partial charge in [-0.15, -0.1) is 11.8 Å². The first-order valence-electron chi connectivity index (χ1n) is 6.86. The maximum Gasteiger partial charge on any atom is 0.132 e. The van der Waals surface area contributed by atoms with Crippen molar-refractivity contribution in [2.45, 2.75) is 29.9 Å². The van der Waals surface area contributed by atoms with Crippen molar-refractivity contribution >= 4 is 17.8 Å². The van der Waals surface area contributed by atoms with Gasteiger partial charge >= 0.3 is 0 Å². The van der Waals surface area contributed by atoms with Gasteiger partial charge in [0, 0.05) is 12.3 Å². The fourth-order valence-corrected chi connectivity index (χ4v) is 3.12. The van der Waals surface area contributed by atoms with Crippen LogP contribution in [0.15, 0.2) is 36.4 Å². The molecule has 1 heterocycles. The molecule has 1 saturated heterocycles. The van der Waals surface area contributed by atoms with Crippen LogP contribution in [0.2, 0.25) is 0 Å². The van der Waals surface area contributed by atoms with Gasteiger partial charge in [-0.1, -0.05) is 42.5 Å². The summed E-state index contributed by atoms with van der Waals surface area (Å²) >= 11 is 1.36. The van der Waals surface area contributed by atoms with Crippen LogP contribution in [0.1, 0.15) is 5.56 Å². The van der Waals surface area contributed by atoms with Gasteiger partial charge in [0.25, 0.3) is 0 Å².